The Morgan fingerprint density at radius 1 is 1.35 bits per heavy atom. The summed E-state index contributed by atoms with van der Waals surface area (Å²) in [6, 6.07) is 4.15. The second-order valence-electron chi connectivity index (χ2n) is 5.39. The van der Waals surface area contributed by atoms with Crippen LogP contribution in [0.5, 0.6) is 0 Å². The van der Waals surface area contributed by atoms with Crippen LogP contribution in [-0.2, 0) is 13.6 Å². The second kappa shape index (κ2) is 5.20. The number of hydrogen-bond donors (Lipinski definition) is 1. The molecular weight excluding hydrogens is 252 g/mol. The van der Waals surface area contributed by atoms with Crippen LogP contribution in [0.15, 0.2) is 18.3 Å². The van der Waals surface area contributed by atoms with Crippen molar-refractivity contribution in [1.29, 1.82) is 0 Å². The summed E-state index contributed by atoms with van der Waals surface area (Å²) >= 11 is 0. The van der Waals surface area contributed by atoms with E-state index in [1.54, 1.807) is 0 Å². The Bertz CT molecular complexity index is 588. The molecule has 0 amide bonds. The summed E-state index contributed by atoms with van der Waals surface area (Å²) in [5, 5.41) is 12.5. The molecule has 106 valence electrons. The van der Waals surface area contributed by atoms with Gasteiger partial charge in [-0.1, -0.05) is 0 Å². The highest BCUT2D eigenvalue weighted by atomic mass is 15.3. The third-order valence-electron chi connectivity index (χ3n) is 4.12. The molecule has 0 aliphatic carbocycles. The quantitative estimate of drug-likeness (QED) is 0.915. The fraction of sp³-hybridized carbons (Fsp3) is 0.500. The first-order chi connectivity index (χ1) is 9.65. The van der Waals surface area contributed by atoms with Crippen LogP contribution in [0.3, 0.4) is 0 Å². The van der Waals surface area contributed by atoms with Gasteiger partial charge in [0.15, 0.2) is 0 Å². The first-order valence-corrected chi connectivity index (χ1v) is 6.96. The van der Waals surface area contributed by atoms with Crippen LogP contribution in [0.25, 0.3) is 0 Å². The standard InChI is InChI=1S/C14H20N6/c1-10-11(8-16-19(10)2)9-20-7-3-4-13(20)12-5-6-14(15)18-17-12/h5-6,8,13H,3-4,7,9H2,1-2H3,(H2,15,18). The number of likely N-dealkylation sites (tertiary alicyclic amines) is 1. The molecule has 1 fully saturated rings. The van der Waals surface area contributed by atoms with E-state index in [9.17, 15) is 0 Å². The van der Waals surface area contributed by atoms with E-state index in [0.717, 1.165) is 25.2 Å². The molecule has 0 spiro atoms. The average Bonchev–Trinajstić information content (AvgIpc) is 3.02. The van der Waals surface area contributed by atoms with Gasteiger partial charge in [0, 0.05) is 24.8 Å². The summed E-state index contributed by atoms with van der Waals surface area (Å²) in [6.07, 6.45) is 4.27. The molecule has 3 heterocycles. The van der Waals surface area contributed by atoms with Gasteiger partial charge >= 0.3 is 0 Å². The maximum absolute atomic E-state index is 5.61. The average molecular weight is 272 g/mol. The molecule has 1 atom stereocenters. The summed E-state index contributed by atoms with van der Waals surface area (Å²) < 4.78 is 1.92. The Balaban J connectivity index is 1.79. The SMILES string of the molecule is Cc1c(CN2CCCC2c2ccc(N)nn2)cnn1C. The summed E-state index contributed by atoms with van der Waals surface area (Å²) in [5.74, 6) is 0.474. The Morgan fingerprint density at radius 3 is 2.85 bits per heavy atom. The zero-order valence-corrected chi connectivity index (χ0v) is 12.0. The van der Waals surface area contributed by atoms with Gasteiger partial charge in [0.25, 0.3) is 0 Å². The van der Waals surface area contributed by atoms with E-state index in [1.807, 2.05) is 30.1 Å². The molecule has 6 nitrogen and oxygen atoms in total. The highest BCUT2D eigenvalue weighted by Crippen LogP contribution is 2.32. The highest BCUT2D eigenvalue weighted by molar-refractivity contribution is 5.27. The monoisotopic (exact) mass is 272 g/mol. The van der Waals surface area contributed by atoms with Gasteiger partial charge in [-0.2, -0.15) is 10.2 Å². The van der Waals surface area contributed by atoms with Crippen LogP contribution in [0, 0.1) is 6.92 Å². The maximum atomic E-state index is 5.61. The lowest BCUT2D eigenvalue weighted by molar-refractivity contribution is 0.243. The van der Waals surface area contributed by atoms with Crippen molar-refractivity contribution >= 4 is 5.82 Å². The number of nitrogens with zero attached hydrogens (tertiary/aromatic N) is 5. The van der Waals surface area contributed by atoms with Gasteiger partial charge in [-0.3, -0.25) is 9.58 Å². The summed E-state index contributed by atoms with van der Waals surface area (Å²) in [4.78, 5) is 2.45. The van der Waals surface area contributed by atoms with E-state index < -0.39 is 0 Å². The summed E-state index contributed by atoms with van der Waals surface area (Å²) in [7, 11) is 1.98. The topological polar surface area (TPSA) is 72.9 Å². The number of anilines is 1. The van der Waals surface area contributed by atoms with Gasteiger partial charge in [-0.15, -0.1) is 5.10 Å². The molecule has 2 aromatic heterocycles. The van der Waals surface area contributed by atoms with Gasteiger partial charge in [0.1, 0.15) is 5.82 Å². The van der Waals surface area contributed by atoms with Crippen molar-refractivity contribution in [3.8, 4) is 0 Å². The van der Waals surface area contributed by atoms with Gasteiger partial charge in [0.2, 0.25) is 0 Å². The molecule has 0 radical (unpaired) electrons. The van der Waals surface area contributed by atoms with Crippen LogP contribution in [-0.4, -0.2) is 31.4 Å². The Kier molecular flexibility index (Phi) is 3.40. The third-order valence-corrected chi connectivity index (χ3v) is 4.12. The van der Waals surface area contributed by atoms with Crippen molar-refractivity contribution in [2.45, 2.75) is 32.4 Å². The smallest absolute Gasteiger partial charge is 0.146 e. The van der Waals surface area contributed by atoms with Crippen LogP contribution in [0.1, 0.15) is 35.8 Å². The molecule has 2 aromatic rings. The fourth-order valence-corrected chi connectivity index (χ4v) is 2.80. The molecule has 6 heteroatoms. The lowest BCUT2D eigenvalue weighted by Crippen LogP contribution is -2.24. The molecule has 1 saturated heterocycles. The Hall–Kier alpha value is -1.95. The van der Waals surface area contributed by atoms with Crippen molar-refractivity contribution in [1.82, 2.24) is 24.9 Å². The predicted octanol–water partition coefficient (Wildman–Crippen LogP) is 1.44. The van der Waals surface area contributed by atoms with Crippen LogP contribution >= 0.6 is 0 Å². The largest absolute Gasteiger partial charge is 0.382 e. The molecule has 0 bridgehead atoms. The number of nitrogens with two attached hydrogens (primary N) is 1. The number of aromatic nitrogens is 4. The lowest BCUT2D eigenvalue weighted by Gasteiger charge is -2.23. The molecule has 20 heavy (non-hydrogen) atoms. The van der Waals surface area contributed by atoms with Crippen LogP contribution in [0.4, 0.5) is 5.82 Å². The minimum Gasteiger partial charge on any atom is -0.382 e. The molecule has 0 saturated carbocycles. The molecule has 0 aromatic carbocycles. The van der Waals surface area contributed by atoms with Gasteiger partial charge in [-0.05, 0) is 38.4 Å². The zero-order valence-electron chi connectivity index (χ0n) is 12.0. The van der Waals surface area contributed by atoms with Crippen LogP contribution < -0.4 is 5.73 Å². The molecule has 3 rings (SSSR count). The number of aryl methyl sites for hydroxylation is 1. The number of rotatable bonds is 3. The normalized spacial score (nSPS) is 19.6. The molecule has 1 aliphatic rings. The van der Waals surface area contributed by atoms with Gasteiger partial charge in [-0.25, -0.2) is 0 Å². The fourth-order valence-electron chi connectivity index (χ4n) is 2.80. The van der Waals surface area contributed by atoms with E-state index in [4.69, 9.17) is 5.73 Å². The van der Waals surface area contributed by atoms with Crippen molar-refractivity contribution in [3.63, 3.8) is 0 Å². The summed E-state index contributed by atoms with van der Waals surface area (Å²) in [5.41, 5.74) is 9.12. The van der Waals surface area contributed by atoms with Crippen LogP contribution in [0.2, 0.25) is 0 Å². The Morgan fingerprint density at radius 2 is 2.20 bits per heavy atom. The Labute approximate surface area is 118 Å². The minimum absolute atomic E-state index is 0.336. The predicted molar refractivity (Wildman–Crippen MR) is 76.8 cm³/mol. The third kappa shape index (κ3) is 2.38. The molecule has 2 N–H and O–H groups in total. The minimum atomic E-state index is 0.336. The zero-order chi connectivity index (χ0) is 14.1. The molecule has 1 unspecified atom stereocenters. The number of nitrogen functional groups attached to an aromatic ring is 1. The first kappa shape index (κ1) is 13.1. The lowest BCUT2D eigenvalue weighted by atomic mass is 10.1. The number of hydrogen-bond acceptors (Lipinski definition) is 5. The van der Waals surface area contributed by atoms with E-state index in [1.165, 1.54) is 17.7 Å². The van der Waals surface area contributed by atoms with E-state index in [2.05, 4.69) is 27.1 Å². The van der Waals surface area contributed by atoms with Crippen molar-refractivity contribution < 1.29 is 0 Å². The van der Waals surface area contributed by atoms with Gasteiger partial charge in [0.05, 0.1) is 17.9 Å². The molecule has 1 aliphatic heterocycles. The summed E-state index contributed by atoms with van der Waals surface area (Å²) in [6.45, 7) is 4.11. The molecular formula is C14H20N6. The van der Waals surface area contributed by atoms with Crippen molar-refractivity contribution in [2.24, 2.45) is 7.05 Å². The maximum Gasteiger partial charge on any atom is 0.146 e. The van der Waals surface area contributed by atoms with E-state index in [-0.39, 0.29) is 0 Å². The first-order valence-electron chi connectivity index (χ1n) is 6.96. The van der Waals surface area contributed by atoms with Crippen molar-refractivity contribution in [2.75, 3.05) is 12.3 Å². The highest BCUT2D eigenvalue weighted by Gasteiger charge is 2.28. The van der Waals surface area contributed by atoms with Crippen molar-refractivity contribution in [3.05, 3.63) is 35.3 Å². The second-order valence-corrected chi connectivity index (χ2v) is 5.39. The van der Waals surface area contributed by atoms with E-state index in [0.29, 0.717) is 11.9 Å². The van der Waals surface area contributed by atoms with E-state index >= 15 is 0 Å². The van der Waals surface area contributed by atoms with Gasteiger partial charge < -0.3 is 5.73 Å².